The molecule has 1 N–H and O–H groups in total. The summed E-state index contributed by atoms with van der Waals surface area (Å²) in [6.07, 6.45) is 1.60. The van der Waals surface area contributed by atoms with Crippen LogP contribution in [-0.2, 0) is 21.3 Å². The summed E-state index contributed by atoms with van der Waals surface area (Å²) in [5.41, 5.74) is 1.59. The Morgan fingerprint density at radius 3 is 2.63 bits per heavy atom. The summed E-state index contributed by atoms with van der Waals surface area (Å²) in [6.45, 7) is 7.89. The molecule has 10 heteroatoms. The minimum Gasteiger partial charge on any atom is -0.491 e. The van der Waals surface area contributed by atoms with Crippen LogP contribution in [0.25, 0.3) is 0 Å². The van der Waals surface area contributed by atoms with Gasteiger partial charge in [-0.2, -0.15) is 0 Å². The van der Waals surface area contributed by atoms with Gasteiger partial charge in [0.05, 0.1) is 23.1 Å². The number of fused-ring (bicyclic) bond motifs is 1. The third-order valence-corrected chi connectivity index (χ3v) is 7.63. The molecule has 0 saturated carbocycles. The van der Waals surface area contributed by atoms with Crippen LogP contribution < -0.4 is 9.46 Å². The average Bonchev–Trinajstić information content (AvgIpc) is 2.85. The van der Waals surface area contributed by atoms with Crippen molar-refractivity contribution in [2.45, 2.75) is 39.5 Å². The van der Waals surface area contributed by atoms with Gasteiger partial charge in [-0.3, -0.25) is 19.4 Å². The highest BCUT2D eigenvalue weighted by atomic mass is 32.2. The number of nitrogens with one attached hydrogen (secondary N) is 1. The Bertz CT molecular complexity index is 1100. The van der Waals surface area contributed by atoms with Crippen molar-refractivity contribution in [1.29, 1.82) is 0 Å². The van der Waals surface area contributed by atoms with Crippen LogP contribution in [0.3, 0.4) is 0 Å². The summed E-state index contributed by atoms with van der Waals surface area (Å²) in [4.78, 5) is 21.8. The Balaban J connectivity index is 1.95. The molecule has 1 aliphatic heterocycles. The minimum absolute atomic E-state index is 0.0235. The van der Waals surface area contributed by atoms with E-state index in [-0.39, 0.29) is 29.7 Å². The van der Waals surface area contributed by atoms with Crippen molar-refractivity contribution in [3.63, 3.8) is 0 Å². The Kier molecular flexibility index (Phi) is 9.09. The van der Waals surface area contributed by atoms with E-state index in [9.17, 15) is 13.2 Å². The number of aromatic nitrogens is 1. The van der Waals surface area contributed by atoms with Gasteiger partial charge >= 0.3 is 0 Å². The van der Waals surface area contributed by atoms with Gasteiger partial charge in [0.2, 0.25) is 10.0 Å². The van der Waals surface area contributed by atoms with Crippen molar-refractivity contribution in [1.82, 2.24) is 14.8 Å². The first kappa shape index (κ1) is 26.9. The first-order chi connectivity index (χ1) is 16.6. The van der Waals surface area contributed by atoms with Crippen molar-refractivity contribution in [2.24, 2.45) is 5.92 Å². The summed E-state index contributed by atoms with van der Waals surface area (Å²) in [5.74, 6) is 0.216. The molecule has 1 aromatic carbocycles. The van der Waals surface area contributed by atoms with E-state index in [1.807, 2.05) is 18.2 Å². The lowest BCUT2D eigenvalue weighted by Crippen LogP contribution is -2.46. The first-order valence-corrected chi connectivity index (χ1v) is 13.5. The molecule has 3 rings (SSSR count). The maximum atomic E-state index is 13.4. The average molecular weight is 505 g/mol. The second kappa shape index (κ2) is 11.8. The zero-order chi connectivity index (χ0) is 25.6. The summed E-state index contributed by atoms with van der Waals surface area (Å²) in [7, 11) is -0.109. The molecule has 1 aromatic heterocycles. The van der Waals surface area contributed by atoms with Crippen molar-refractivity contribution in [2.75, 3.05) is 44.3 Å². The van der Waals surface area contributed by atoms with Crippen molar-refractivity contribution < 1.29 is 22.7 Å². The number of amides is 1. The second-order valence-electron chi connectivity index (χ2n) is 9.06. The number of anilines is 1. The molecule has 2 aromatic rings. The number of benzene rings is 1. The third kappa shape index (κ3) is 7.16. The highest BCUT2D eigenvalue weighted by molar-refractivity contribution is 7.92. The largest absolute Gasteiger partial charge is 0.491 e. The predicted octanol–water partition coefficient (Wildman–Crippen LogP) is 2.85. The van der Waals surface area contributed by atoms with Gasteiger partial charge in [-0.1, -0.05) is 13.0 Å². The lowest BCUT2D eigenvalue weighted by molar-refractivity contribution is 0.00901. The van der Waals surface area contributed by atoms with Gasteiger partial charge in [0.25, 0.3) is 5.91 Å². The van der Waals surface area contributed by atoms with E-state index in [1.54, 1.807) is 44.3 Å². The van der Waals surface area contributed by atoms with Crippen LogP contribution in [-0.4, -0.2) is 80.9 Å². The number of carbonyl (C=O) groups is 1. The van der Waals surface area contributed by atoms with Crippen molar-refractivity contribution >= 4 is 21.6 Å². The lowest BCUT2D eigenvalue weighted by Gasteiger charge is -2.35. The molecule has 2 heterocycles. The zero-order valence-electron chi connectivity index (χ0n) is 21.1. The summed E-state index contributed by atoms with van der Waals surface area (Å²) >= 11 is 0. The smallest absolute Gasteiger partial charge is 0.257 e. The standard InChI is InChI=1S/C25H36N4O5S/c1-6-35(31,32)27-20-10-11-23-22(13-20)25(30)28(4)16-24(33-5)18(2)14-29(19(3)17-34-23)15-21-9-7-8-12-26-21/h7-13,18-19,24,27H,6,14-17H2,1-5H3/t18-,19+,24+/m0/s1. The van der Waals surface area contributed by atoms with Crippen LogP contribution in [0.2, 0.25) is 0 Å². The number of carbonyl (C=O) groups excluding carboxylic acids is 1. The van der Waals surface area contributed by atoms with E-state index < -0.39 is 10.0 Å². The molecular formula is C25H36N4O5S. The normalized spacial score (nSPS) is 22.5. The van der Waals surface area contributed by atoms with Crippen LogP contribution in [0.5, 0.6) is 5.75 Å². The fraction of sp³-hybridized carbons (Fsp3) is 0.520. The van der Waals surface area contributed by atoms with Crippen LogP contribution >= 0.6 is 0 Å². The molecule has 0 saturated heterocycles. The number of nitrogens with zero attached hydrogens (tertiary/aromatic N) is 3. The molecule has 1 aliphatic rings. The summed E-state index contributed by atoms with van der Waals surface area (Å²) < 4.78 is 38.6. The number of methoxy groups -OCH3 is 1. The Morgan fingerprint density at radius 2 is 1.97 bits per heavy atom. The number of ether oxygens (including phenoxy) is 2. The van der Waals surface area contributed by atoms with Gasteiger partial charge in [-0.05, 0) is 50.1 Å². The third-order valence-electron chi connectivity index (χ3n) is 6.32. The van der Waals surface area contributed by atoms with Gasteiger partial charge in [0.15, 0.2) is 0 Å². The van der Waals surface area contributed by atoms with Gasteiger partial charge in [0.1, 0.15) is 12.4 Å². The topological polar surface area (TPSA) is 101 Å². The Morgan fingerprint density at radius 1 is 1.20 bits per heavy atom. The molecule has 0 spiro atoms. The van der Waals surface area contributed by atoms with E-state index in [0.29, 0.717) is 36.7 Å². The zero-order valence-corrected chi connectivity index (χ0v) is 21.9. The number of pyridine rings is 1. The molecule has 0 bridgehead atoms. The molecule has 1 amide bonds. The molecule has 0 fully saturated rings. The molecule has 35 heavy (non-hydrogen) atoms. The maximum absolute atomic E-state index is 13.4. The number of rotatable bonds is 6. The molecular weight excluding hydrogens is 468 g/mol. The van der Waals surface area contributed by atoms with Gasteiger partial charge in [-0.15, -0.1) is 0 Å². The molecule has 0 unspecified atom stereocenters. The quantitative estimate of drug-likeness (QED) is 0.646. The van der Waals surface area contributed by atoms with Crippen LogP contribution in [0.1, 0.15) is 36.8 Å². The number of hydrogen-bond acceptors (Lipinski definition) is 7. The molecule has 0 radical (unpaired) electrons. The van der Waals surface area contributed by atoms with E-state index in [0.717, 1.165) is 12.2 Å². The van der Waals surface area contributed by atoms with Crippen molar-refractivity contribution in [3.05, 3.63) is 53.9 Å². The molecule has 3 atom stereocenters. The highest BCUT2D eigenvalue weighted by Crippen LogP contribution is 2.27. The fourth-order valence-corrected chi connectivity index (χ4v) is 4.72. The predicted molar refractivity (Wildman–Crippen MR) is 136 cm³/mol. The van der Waals surface area contributed by atoms with Gasteiger partial charge < -0.3 is 14.4 Å². The molecule has 0 aliphatic carbocycles. The van der Waals surface area contributed by atoms with E-state index in [2.05, 4.69) is 28.5 Å². The minimum atomic E-state index is -3.48. The molecule has 9 nitrogen and oxygen atoms in total. The number of likely N-dealkylation sites (N-methyl/N-ethyl adjacent to an activating group) is 1. The monoisotopic (exact) mass is 504 g/mol. The molecule has 192 valence electrons. The Labute approximate surface area is 208 Å². The van der Waals surface area contributed by atoms with Gasteiger partial charge in [-0.25, -0.2) is 8.42 Å². The fourth-order valence-electron chi connectivity index (χ4n) is 4.09. The second-order valence-corrected chi connectivity index (χ2v) is 11.1. The van der Waals surface area contributed by atoms with Crippen molar-refractivity contribution in [3.8, 4) is 5.75 Å². The van der Waals surface area contributed by atoms with Crippen LogP contribution in [0.15, 0.2) is 42.6 Å². The van der Waals surface area contributed by atoms with Crippen LogP contribution in [0.4, 0.5) is 5.69 Å². The lowest BCUT2D eigenvalue weighted by atomic mass is 10.0. The van der Waals surface area contributed by atoms with E-state index in [1.165, 1.54) is 6.07 Å². The first-order valence-electron chi connectivity index (χ1n) is 11.8. The highest BCUT2D eigenvalue weighted by Gasteiger charge is 2.28. The Hall–Kier alpha value is -2.69. The van der Waals surface area contributed by atoms with Gasteiger partial charge in [0, 0.05) is 51.7 Å². The summed E-state index contributed by atoms with van der Waals surface area (Å²) in [6, 6.07) is 10.7. The van der Waals surface area contributed by atoms with E-state index in [4.69, 9.17) is 9.47 Å². The summed E-state index contributed by atoms with van der Waals surface area (Å²) in [5, 5.41) is 0. The maximum Gasteiger partial charge on any atom is 0.257 e. The SMILES string of the molecule is CCS(=O)(=O)Nc1ccc2c(c1)C(=O)N(C)C[C@@H](OC)[C@@H](C)CN(Cc1ccccn1)[C@H](C)CO2. The number of sulfonamides is 1. The van der Waals surface area contributed by atoms with E-state index >= 15 is 0 Å². The van der Waals surface area contributed by atoms with Crippen LogP contribution in [0, 0.1) is 5.92 Å². The number of hydrogen-bond donors (Lipinski definition) is 1.